The van der Waals surface area contributed by atoms with Gasteiger partial charge < -0.3 is 5.73 Å². The first-order chi connectivity index (χ1) is 6.70. The molecule has 1 fully saturated rings. The van der Waals surface area contributed by atoms with Crippen LogP contribution in [0.1, 0.15) is 46.0 Å². The maximum Gasteiger partial charge on any atom is 0.0254 e. The van der Waals surface area contributed by atoms with Crippen LogP contribution >= 0.6 is 11.9 Å². The van der Waals surface area contributed by atoms with Crippen LogP contribution in [0.15, 0.2) is 0 Å². The Kier molecular flexibility index (Phi) is 5.28. The first-order valence-electron chi connectivity index (χ1n) is 5.79. The Morgan fingerprint density at radius 3 is 2.86 bits per heavy atom. The monoisotopic (exact) mass is 216 g/mol. The quantitative estimate of drug-likeness (QED) is 0.560. The summed E-state index contributed by atoms with van der Waals surface area (Å²) in [4.78, 5) is 0. The van der Waals surface area contributed by atoms with Gasteiger partial charge in [-0.25, -0.2) is 0 Å². The molecule has 0 aromatic rings. The van der Waals surface area contributed by atoms with E-state index in [9.17, 15) is 0 Å². The van der Waals surface area contributed by atoms with Crippen molar-refractivity contribution in [3.63, 3.8) is 0 Å². The molecule has 84 valence electrons. The van der Waals surface area contributed by atoms with Crippen molar-refractivity contribution in [1.29, 1.82) is 0 Å². The highest BCUT2D eigenvalue weighted by Crippen LogP contribution is 2.30. The summed E-state index contributed by atoms with van der Waals surface area (Å²) in [6.45, 7) is 5.42. The van der Waals surface area contributed by atoms with Gasteiger partial charge in [0.1, 0.15) is 0 Å². The van der Waals surface area contributed by atoms with Crippen molar-refractivity contribution in [3.05, 3.63) is 0 Å². The van der Waals surface area contributed by atoms with Gasteiger partial charge in [-0.3, -0.25) is 4.72 Å². The topological polar surface area (TPSA) is 38.0 Å². The van der Waals surface area contributed by atoms with E-state index in [1.54, 1.807) is 0 Å². The highest BCUT2D eigenvalue weighted by atomic mass is 32.2. The Bertz CT molecular complexity index is 163. The van der Waals surface area contributed by atoms with Crippen LogP contribution < -0.4 is 10.5 Å². The molecule has 1 saturated carbocycles. The average molecular weight is 216 g/mol. The first kappa shape index (κ1) is 12.3. The number of hydrogen-bond acceptors (Lipinski definition) is 3. The number of nitrogens with one attached hydrogen (secondary N) is 1. The molecular weight excluding hydrogens is 192 g/mol. The molecular formula is C11H24N2S. The van der Waals surface area contributed by atoms with Crippen molar-refractivity contribution >= 4 is 11.9 Å². The summed E-state index contributed by atoms with van der Waals surface area (Å²) in [7, 11) is 0. The molecule has 1 rings (SSSR count). The van der Waals surface area contributed by atoms with E-state index in [-0.39, 0.29) is 0 Å². The minimum atomic E-state index is 0.352. The molecule has 3 heteroatoms. The lowest BCUT2D eigenvalue weighted by Gasteiger charge is -2.28. The molecule has 0 saturated heterocycles. The number of nitrogens with two attached hydrogens (primary N) is 1. The van der Waals surface area contributed by atoms with E-state index in [1.807, 2.05) is 11.9 Å². The Morgan fingerprint density at radius 2 is 2.21 bits per heavy atom. The van der Waals surface area contributed by atoms with Gasteiger partial charge >= 0.3 is 0 Å². The third-order valence-electron chi connectivity index (χ3n) is 3.24. The molecule has 3 N–H and O–H groups in total. The summed E-state index contributed by atoms with van der Waals surface area (Å²) in [5, 5.41) is 0. The summed E-state index contributed by atoms with van der Waals surface area (Å²) in [5.41, 5.74) is 6.09. The van der Waals surface area contributed by atoms with Gasteiger partial charge in [0.05, 0.1) is 0 Å². The minimum absolute atomic E-state index is 0.352. The maximum atomic E-state index is 5.74. The fourth-order valence-electron chi connectivity index (χ4n) is 2.16. The van der Waals surface area contributed by atoms with Crippen LogP contribution in [0.4, 0.5) is 0 Å². The summed E-state index contributed by atoms with van der Waals surface area (Å²) >= 11 is 1.85. The van der Waals surface area contributed by atoms with Gasteiger partial charge in [0.25, 0.3) is 0 Å². The van der Waals surface area contributed by atoms with Gasteiger partial charge in [0.15, 0.2) is 0 Å². The van der Waals surface area contributed by atoms with Crippen molar-refractivity contribution in [1.82, 2.24) is 4.72 Å². The lowest BCUT2D eigenvalue weighted by Crippen LogP contribution is -2.37. The van der Waals surface area contributed by atoms with Gasteiger partial charge in [0.2, 0.25) is 0 Å². The molecule has 1 aliphatic rings. The molecule has 14 heavy (non-hydrogen) atoms. The smallest absolute Gasteiger partial charge is 0.0254 e. The summed E-state index contributed by atoms with van der Waals surface area (Å²) < 4.78 is 3.61. The molecule has 0 heterocycles. The van der Waals surface area contributed by atoms with Crippen molar-refractivity contribution < 1.29 is 0 Å². The van der Waals surface area contributed by atoms with Gasteiger partial charge in [-0.1, -0.05) is 25.3 Å². The molecule has 0 aromatic heterocycles. The Hall–Kier alpha value is 0.270. The standard InChI is InChI=1S/C11H24N2S/c1-3-14-13-11(2)7-4-5-10(9-12)6-8-11/h10,13H,3-9,12H2,1-2H3/t10-,11?/m1/s1. The molecule has 1 unspecified atom stereocenters. The molecule has 2 atom stereocenters. The fourth-order valence-corrected chi connectivity index (χ4v) is 2.85. The number of rotatable bonds is 4. The van der Waals surface area contributed by atoms with Crippen LogP contribution in [0.25, 0.3) is 0 Å². The van der Waals surface area contributed by atoms with Crippen LogP contribution in [-0.4, -0.2) is 17.8 Å². The third-order valence-corrected chi connectivity index (χ3v) is 4.17. The lowest BCUT2D eigenvalue weighted by molar-refractivity contribution is 0.371. The zero-order chi connectivity index (χ0) is 10.4. The van der Waals surface area contributed by atoms with Gasteiger partial charge in [-0.15, -0.1) is 0 Å². The van der Waals surface area contributed by atoms with E-state index in [0.717, 1.165) is 18.2 Å². The second kappa shape index (κ2) is 5.99. The van der Waals surface area contributed by atoms with Crippen molar-refractivity contribution in [2.24, 2.45) is 11.7 Å². The summed E-state index contributed by atoms with van der Waals surface area (Å²) in [6.07, 6.45) is 6.53. The second-order valence-electron chi connectivity index (χ2n) is 4.63. The second-order valence-corrected chi connectivity index (χ2v) is 5.70. The highest BCUT2D eigenvalue weighted by Gasteiger charge is 2.27. The van der Waals surface area contributed by atoms with Crippen molar-refractivity contribution in [3.8, 4) is 0 Å². The normalized spacial score (nSPS) is 34.1. The van der Waals surface area contributed by atoms with E-state index in [0.29, 0.717) is 5.54 Å². The Labute approximate surface area is 92.5 Å². The molecule has 0 aliphatic heterocycles. The van der Waals surface area contributed by atoms with Crippen LogP contribution in [0, 0.1) is 5.92 Å². The third kappa shape index (κ3) is 3.79. The first-order valence-corrected chi connectivity index (χ1v) is 6.78. The van der Waals surface area contributed by atoms with E-state index < -0.39 is 0 Å². The molecule has 0 radical (unpaired) electrons. The van der Waals surface area contributed by atoms with E-state index in [4.69, 9.17) is 5.73 Å². The van der Waals surface area contributed by atoms with Gasteiger partial charge in [0, 0.05) is 11.3 Å². The molecule has 0 bridgehead atoms. The predicted molar refractivity (Wildman–Crippen MR) is 65.3 cm³/mol. The molecule has 0 amide bonds. The van der Waals surface area contributed by atoms with Crippen LogP contribution in [-0.2, 0) is 0 Å². The highest BCUT2D eigenvalue weighted by molar-refractivity contribution is 7.97. The lowest BCUT2D eigenvalue weighted by atomic mass is 9.93. The van der Waals surface area contributed by atoms with Crippen LogP contribution in [0.2, 0.25) is 0 Å². The van der Waals surface area contributed by atoms with Crippen molar-refractivity contribution in [2.45, 2.75) is 51.5 Å². The van der Waals surface area contributed by atoms with Crippen LogP contribution in [0.3, 0.4) is 0 Å². The average Bonchev–Trinajstić information content (AvgIpc) is 2.38. The summed E-state index contributed by atoms with van der Waals surface area (Å²) in [6, 6.07) is 0. The zero-order valence-electron chi connectivity index (χ0n) is 9.51. The Morgan fingerprint density at radius 1 is 1.43 bits per heavy atom. The fraction of sp³-hybridized carbons (Fsp3) is 1.00. The molecule has 1 aliphatic carbocycles. The van der Waals surface area contributed by atoms with E-state index in [1.165, 1.54) is 32.1 Å². The molecule has 2 nitrogen and oxygen atoms in total. The van der Waals surface area contributed by atoms with Crippen molar-refractivity contribution in [2.75, 3.05) is 12.3 Å². The van der Waals surface area contributed by atoms with Gasteiger partial charge in [-0.2, -0.15) is 0 Å². The zero-order valence-corrected chi connectivity index (χ0v) is 10.3. The van der Waals surface area contributed by atoms with E-state index in [2.05, 4.69) is 18.6 Å². The Balaban J connectivity index is 2.38. The van der Waals surface area contributed by atoms with E-state index >= 15 is 0 Å². The summed E-state index contributed by atoms with van der Waals surface area (Å²) in [5.74, 6) is 1.92. The molecule has 0 spiro atoms. The maximum absolute atomic E-state index is 5.74. The largest absolute Gasteiger partial charge is 0.330 e. The minimum Gasteiger partial charge on any atom is -0.330 e. The van der Waals surface area contributed by atoms with Gasteiger partial charge in [-0.05, 0) is 45.1 Å². The predicted octanol–water partition coefficient (Wildman–Crippen LogP) is 2.54. The number of hydrogen-bond donors (Lipinski definition) is 2. The van der Waals surface area contributed by atoms with Crippen LogP contribution in [0.5, 0.6) is 0 Å². The SMILES string of the molecule is CCSNC1(C)CCC[C@@H](CN)CC1. The molecule has 0 aromatic carbocycles.